The molecule has 3 atom stereocenters. The minimum atomic E-state index is 0.452. The maximum absolute atomic E-state index is 5.51. The van der Waals surface area contributed by atoms with Gasteiger partial charge in [0.1, 0.15) is 5.75 Å². The van der Waals surface area contributed by atoms with E-state index in [1.165, 1.54) is 11.1 Å². The third kappa shape index (κ3) is 2.38. The van der Waals surface area contributed by atoms with Crippen LogP contribution in [0, 0.1) is 12.8 Å². The lowest BCUT2D eigenvalue weighted by Crippen LogP contribution is -2.09. The molecule has 0 spiro atoms. The van der Waals surface area contributed by atoms with Crippen LogP contribution in [0.2, 0.25) is 0 Å². The van der Waals surface area contributed by atoms with Crippen LogP contribution in [-0.4, -0.2) is 19.3 Å². The second-order valence-corrected chi connectivity index (χ2v) is 4.78. The van der Waals surface area contributed by atoms with Crippen molar-refractivity contribution in [2.24, 2.45) is 5.92 Å². The van der Waals surface area contributed by atoms with Gasteiger partial charge in [-0.15, -0.1) is 0 Å². The van der Waals surface area contributed by atoms with Crippen molar-refractivity contribution in [1.29, 1.82) is 0 Å². The van der Waals surface area contributed by atoms with Crippen molar-refractivity contribution < 1.29 is 9.47 Å². The van der Waals surface area contributed by atoms with Crippen molar-refractivity contribution in [3.63, 3.8) is 0 Å². The molecule has 0 amide bonds. The summed E-state index contributed by atoms with van der Waals surface area (Å²) in [5, 5.41) is 0. The number of rotatable bonds is 4. The van der Waals surface area contributed by atoms with Crippen LogP contribution in [0.1, 0.15) is 25.0 Å². The summed E-state index contributed by atoms with van der Waals surface area (Å²) in [7, 11) is 1.71. The highest BCUT2D eigenvalue weighted by Gasteiger charge is 2.38. The van der Waals surface area contributed by atoms with E-state index in [0.717, 1.165) is 12.2 Å². The molecule has 0 N–H and O–H groups in total. The van der Waals surface area contributed by atoms with E-state index in [2.05, 4.69) is 32.9 Å². The standard InChI is InChI=1S/C14H20O2/c1-9-8-13(15-4)6-5-12(9)7-10(2)14-11(3)16-14/h5-6,8,10-11,14H,7H2,1-4H3. The van der Waals surface area contributed by atoms with Crippen molar-refractivity contribution in [2.45, 2.75) is 39.4 Å². The zero-order valence-electron chi connectivity index (χ0n) is 10.5. The van der Waals surface area contributed by atoms with Gasteiger partial charge in [-0.05, 0) is 49.4 Å². The number of benzene rings is 1. The Morgan fingerprint density at radius 3 is 2.62 bits per heavy atom. The Labute approximate surface area is 97.6 Å². The Hall–Kier alpha value is -1.02. The third-order valence-corrected chi connectivity index (χ3v) is 3.41. The van der Waals surface area contributed by atoms with Crippen LogP contribution >= 0.6 is 0 Å². The fourth-order valence-electron chi connectivity index (χ4n) is 2.29. The van der Waals surface area contributed by atoms with Crippen LogP contribution in [0.25, 0.3) is 0 Å². The predicted octanol–water partition coefficient (Wildman–Crippen LogP) is 2.97. The second-order valence-electron chi connectivity index (χ2n) is 4.78. The van der Waals surface area contributed by atoms with Crippen LogP contribution in [-0.2, 0) is 11.2 Å². The molecule has 0 aliphatic carbocycles. The van der Waals surface area contributed by atoms with E-state index < -0.39 is 0 Å². The molecular formula is C14H20O2. The Bertz CT molecular complexity index is 373. The van der Waals surface area contributed by atoms with E-state index in [1.807, 2.05) is 6.07 Å². The molecule has 0 bridgehead atoms. The number of methoxy groups -OCH3 is 1. The molecular weight excluding hydrogens is 200 g/mol. The molecule has 3 unspecified atom stereocenters. The maximum atomic E-state index is 5.51. The zero-order valence-corrected chi connectivity index (χ0v) is 10.5. The first-order chi connectivity index (χ1) is 7.61. The van der Waals surface area contributed by atoms with Gasteiger partial charge in [0.15, 0.2) is 0 Å². The molecule has 1 aliphatic rings. The first kappa shape index (κ1) is 11.5. The van der Waals surface area contributed by atoms with Gasteiger partial charge in [0.25, 0.3) is 0 Å². The van der Waals surface area contributed by atoms with Gasteiger partial charge in [0, 0.05) is 0 Å². The summed E-state index contributed by atoms with van der Waals surface area (Å²) in [5.74, 6) is 1.53. The minimum Gasteiger partial charge on any atom is -0.497 e. The van der Waals surface area contributed by atoms with E-state index in [0.29, 0.717) is 18.1 Å². The topological polar surface area (TPSA) is 21.8 Å². The van der Waals surface area contributed by atoms with E-state index in [4.69, 9.17) is 9.47 Å². The lowest BCUT2D eigenvalue weighted by Gasteiger charge is -2.12. The molecule has 16 heavy (non-hydrogen) atoms. The van der Waals surface area contributed by atoms with Crippen LogP contribution in [0.15, 0.2) is 18.2 Å². The van der Waals surface area contributed by atoms with E-state index >= 15 is 0 Å². The lowest BCUT2D eigenvalue weighted by atomic mass is 9.94. The Balaban J connectivity index is 2.03. The predicted molar refractivity (Wildman–Crippen MR) is 64.9 cm³/mol. The largest absolute Gasteiger partial charge is 0.497 e. The molecule has 1 heterocycles. The fraction of sp³-hybridized carbons (Fsp3) is 0.571. The molecule has 1 fully saturated rings. The smallest absolute Gasteiger partial charge is 0.119 e. The Morgan fingerprint density at radius 1 is 1.44 bits per heavy atom. The molecule has 1 aromatic rings. The van der Waals surface area contributed by atoms with Gasteiger partial charge in [-0.1, -0.05) is 13.0 Å². The molecule has 0 radical (unpaired) electrons. The number of hydrogen-bond acceptors (Lipinski definition) is 2. The van der Waals surface area contributed by atoms with Gasteiger partial charge < -0.3 is 9.47 Å². The normalized spacial score (nSPS) is 25.2. The fourth-order valence-corrected chi connectivity index (χ4v) is 2.29. The van der Waals surface area contributed by atoms with Gasteiger partial charge in [0.2, 0.25) is 0 Å². The first-order valence-corrected chi connectivity index (χ1v) is 5.90. The average Bonchev–Trinajstić information content (AvgIpc) is 2.98. The van der Waals surface area contributed by atoms with Crippen molar-refractivity contribution in [3.05, 3.63) is 29.3 Å². The summed E-state index contributed by atoms with van der Waals surface area (Å²) < 4.78 is 10.7. The third-order valence-electron chi connectivity index (χ3n) is 3.41. The van der Waals surface area contributed by atoms with E-state index in [9.17, 15) is 0 Å². The molecule has 2 rings (SSSR count). The van der Waals surface area contributed by atoms with Crippen LogP contribution in [0.3, 0.4) is 0 Å². The highest BCUT2D eigenvalue weighted by Crippen LogP contribution is 2.31. The van der Waals surface area contributed by atoms with Crippen LogP contribution in [0.4, 0.5) is 0 Å². The molecule has 1 saturated heterocycles. The molecule has 1 aliphatic heterocycles. The molecule has 0 saturated carbocycles. The van der Waals surface area contributed by atoms with Crippen molar-refractivity contribution in [2.75, 3.05) is 7.11 Å². The summed E-state index contributed by atoms with van der Waals surface area (Å²) in [6, 6.07) is 6.29. The summed E-state index contributed by atoms with van der Waals surface area (Å²) >= 11 is 0. The first-order valence-electron chi connectivity index (χ1n) is 5.90. The van der Waals surface area contributed by atoms with Gasteiger partial charge in [0.05, 0.1) is 19.3 Å². The van der Waals surface area contributed by atoms with E-state index in [1.54, 1.807) is 7.11 Å². The lowest BCUT2D eigenvalue weighted by molar-refractivity contribution is 0.328. The number of ether oxygens (including phenoxy) is 2. The highest BCUT2D eigenvalue weighted by atomic mass is 16.6. The molecule has 88 valence electrons. The van der Waals surface area contributed by atoms with Gasteiger partial charge in [-0.2, -0.15) is 0 Å². The van der Waals surface area contributed by atoms with Gasteiger partial charge in [-0.3, -0.25) is 0 Å². The Morgan fingerprint density at radius 2 is 2.12 bits per heavy atom. The maximum Gasteiger partial charge on any atom is 0.119 e. The van der Waals surface area contributed by atoms with Crippen molar-refractivity contribution in [3.8, 4) is 5.75 Å². The highest BCUT2D eigenvalue weighted by molar-refractivity contribution is 5.35. The molecule has 2 nitrogen and oxygen atoms in total. The quantitative estimate of drug-likeness (QED) is 0.728. The van der Waals surface area contributed by atoms with Crippen LogP contribution < -0.4 is 4.74 Å². The molecule has 2 heteroatoms. The SMILES string of the molecule is COc1ccc(CC(C)C2OC2C)c(C)c1. The molecule has 0 aromatic heterocycles. The van der Waals surface area contributed by atoms with E-state index in [-0.39, 0.29) is 0 Å². The number of epoxide rings is 1. The number of aryl methyl sites for hydroxylation is 1. The Kier molecular flexibility index (Phi) is 3.20. The summed E-state index contributed by atoms with van der Waals surface area (Å²) in [6.07, 6.45) is 2.00. The second kappa shape index (κ2) is 4.46. The van der Waals surface area contributed by atoms with Gasteiger partial charge in [-0.25, -0.2) is 0 Å². The summed E-state index contributed by atoms with van der Waals surface area (Å²) in [5.41, 5.74) is 2.70. The van der Waals surface area contributed by atoms with Crippen molar-refractivity contribution >= 4 is 0 Å². The summed E-state index contributed by atoms with van der Waals surface area (Å²) in [4.78, 5) is 0. The monoisotopic (exact) mass is 220 g/mol. The van der Waals surface area contributed by atoms with Gasteiger partial charge >= 0.3 is 0 Å². The molecule has 1 aromatic carbocycles. The van der Waals surface area contributed by atoms with Crippen molar-refractivity contribution in [1.82, 2.24) is 0 Å². The van der Waals surface area contributed by atoms with Crippen LogP contribution in [0.5, 0.6) is 5.75 Å². The number of hydrogen-bond donors (Lipinski definition) is 0. The zero-order chi connectivity index (χ0) is 11.7. The average molecular weight is 220 g/mol. The summed E-state index contributed by atoms with van der Waals surface area (Å²) in [6.45, 7) is 6.54. The minimum absolute atomic E-state index is 0.452.